The molecule has 3 N–H and O–H groups in total. The van der Waals surface area contributed by atoms with Gasteiger partial charge in [0.05, 0.1) is 17.7 Å². The van der Waals surface area contributed by atoms with Gasteiger partial charge < -0.3 is 20.3 Å². The second-order valence-corrected chi connectivity index (χ2v) is 19.1. The van der Waals surface area contributed by atoms with Crippen LogP contribution < -0.4 is 5.32 Å². The number of carbonyl (C=O) groups is 1. The summed E-state index contributed by atoms with van der Waals surface area (Å²) in [5.41, 5.74) is 2.80. The van der Waals surface area contributed by atoms with Gasteiger partial charge in [-0.05, 0) is 72.7 Å². The highest BCUT2D eigenvalue weighted by molar-refractivity contribution is 8.18. The third kappa shape index (κ3) is 9.59. The number of phenols is 2. The summed E-state index contributed by atoms with van der Waals surface area (Å²) in [4.78, 5) is 13.8. The number of ether oxygens (including phenoxy) is 1. The van der Waals surface area contributed by atoms with Crippen molar-refractivity contribution in [3.05, 3.63) is 46.5 Å². The number of nitrogens with one attached hydrogen (secondary N) is 1. The van der Waals surface area contributed by atoms with Gasteiger partial charge >= 0.3 is 5.97 Å². The first-order chi connectivity index (χ1) is 18.9. The van der Waals surface area contributed by atoms with E-state index in [1.54, 1.807) is 23.5 Å². The highest BCUT2D eigenvalue weighted by Gasteiger charge is 2.32. The lowest BCUT2D eigenvalue weighted by molar-refractivity contribution is -0.139. The van der Waals surface area contributed by atoms with E-state index in [4.69, 9.17) is 4.74 Å². The molecule has 0 saturated heterocycles. The monoisotopic (exact) mass is 617 g/mol. The molecule has 2 aromatic rings. The Morgan fingerprint density at radius 2 is 1.05 bits per heavy atom. The quantitative estimate of drug-likeness (QED) is 0.106. The van der Waals surface area contributed by atoms with Crippen LogP contribution in [0.3, 0.4) is 0 Å². The van der Waals surface area contributed by atoms with Crippen molar-refractivity contribution < 1.29 is 19.7 Å². The van der Waals surface area contributed by atoms with Crippen LogP contribution >= 0.6 is 23.5 Å². The molecule has 236 valence electrons. The molecule has 0 atom stereocenters. The van der Waals surface area contributed by atoms with E-state index in [-0.39, 0.29) is 38.3 Å². The van der Waals surface area contributed by atoms with Crippen molar-refractivity contribution in [2.75, 3.05) is 20.2 Å². The molecule has 42 heavy (non-hydrogen) atoms. The Hall–Kier alpha value is -1.83. The smallest absolute Gasteiger partial charge is 0.319 e. The molecular formula is C35H55NO4S2. The number of esters is 1. The van der Waals surface area contributed by atoms with Gasteiger partial charge in [-0.25, -0.2) is 0 Å². The van der Waals surface area contributed by atoms with E-state index in [1.807, 2.05) is 0 Å². The number of benzene rings is 2. The van der Waals surface area contributed by atoms with Gasteiger partial charge in [0.25, 0.3) is 0 Å². The molecule has 0 unspecified atom stereocenters. The summed E-state index contributed by atoms with van der Waals surface area (Å²) in [6.07, 6.45) is 0.742. The number of aromatic hydroxyl groups is 2. The summed E-state index contributed by atoms with van der Waals surface area (Å²) in [5, 5.41) is 25.9. The Labute approximate surface area is 264 Å². The molecule has 0 fully saturated rings. The van der Waals surface area contributed by atoms with Crippen LogP contribution in [0.4, 0.5) is 0 Å². The standard InChI is InChI=1S/C35H55NO4S2/c1-31(2,3)24-17-22(18-25(29(24)38)32(4,5)6)41-35(12,13)42-23-19-26(33(7,8)9)30(39)27(20-23)34(10,11)15-16-36-21-28(37)40-14/h17-20,36,38-39H,15-16,21H2,1-14H3. The van der Waals surface area contributed by atoms with Crippen LogP contribution in [0.25, 0.3) is 0 Å². The average molecular weight is 618 g/mol. The topological polar surface area (TPSA) is 78.8 Å². The Balaban J connectivity index is 2.50. The summed E-state index contributed by atoms with van der Waals surface area (Å²) in [6, 6.07) is 8.56. The summed E-state index contributed by atoms with van der Waals surface area (Å²) in [5.74, 6) is 0.450. The van der Waals surface area contributed by atoms with Crippen molar-refractivity contribution in [3.63, 3.8) is 0 Å². The molecule has 5 nitrogen and oxygen atoms in total. The number of phenolic OH excluding ortho intramolecular Hbond substituents is 2. The molecule has 7 heteroatoms. The third-order valence-corrected chi connectivity index (χ3v) is 9.90. The summed E-state index contributed by atoms with van der Waals surface area (Å²) < 4.78 is 4.50. The highest BCUT2D eigenvalue weighted by Crippen LogP contribution is 2.51. The zero-order valence-electron chi connectivity index (χ0n) is 28.5. The minimum absolute atomic E-state index is 0.165. The van der Waals surface area contributed by atoms with Gasteiger partial charge in [0.1, 0.15) is 11.5 Å². The summed E-state index contributed by atoms with van der Waals surface area (Å²) in [6.45, 7) is 28.8. The molecule has 0 aliphatic carbocycles. The minimum atomic E-state index is -0.332. The maximum absolute atomic E-state index is 11.5. The maximum atomic E-state index is 11.5. The Kier molecular flexibility index (Phi) is 11.3. The molecule has 0 spiro atoms. The first-order valence-electron chi connectivity index (χ1n) is 14.8. The zero-order valence-corrected chi connectivity index (χ0v) is 30.1. The minimum Gasteiger partial charge on any atom is -0.507 e. The fraction of sp³-hybridized carbons (Fsp3) is 0.629. The fourth-order valence-electron chi connectivity index (χ4n) is 4.95. The predicted octanol–water partition coefficient (Wildman–Crippen LogP) is 9.04. The van der Waals surface area contributed by atoms with Crippen LogP contribution in [0, 0.1) is 0 Å². The van der Waals surface area contributed by atoms with Crippen molar-refractivity contribution in [1.82, 2.24) is 5.32 Å². The van der Waals surface area contributed by atoms with Crippen LogP contribution in [-0.2, 0) is 31.2 Å². The zero-order chi connectivity index (χ0) is 32.5. The Bertz CT molecular complexity index is 1230. The van der Waals surface area contributed by atoms with E-state index in [2.05, 4.69) is 120 Å². The number of carbonyl (C=O) groups excluding carboxylic acids is 1. The van der Waals surface area contributed by atoms with Crippen LogP contribution in [0.1, 0.15) is 119 Å². The van der Waals surface area contributed by atoms with Crippen molar-refractivity contribution >= 4 is 29.5 Å². The van der Waals surface area contributed by atoms with Gasteiger partial charge in [-0.2, -0.15) is 0 Å². The highest BCUT2D eigenvalue weighted by atomic mass is 32.2. The number of rotatable bonds is 10. The van der Waals surface area contributed by atoms with E-state index in [9.17, 15) is 15.0 Å². The van der Waals surface area contributed by atoms with Crippen molar-refractivity contribution in [2.24, 2.45) is 0 Å². The lowest BCUT2D eigenvalue weighted by atomic mass is 9.77. The van der Waals surface area contributed by atoms with Gasteiger partial charge in [0, 0.05) is 32.0 Å². The summed E-state index contributed by atoms with van der Waals surface area (Å²) in [7, 11) is 1.39. The van der Waals surface area contributed by atoms with Crippen LogP contribution in [0.15, 0.2) is 34.1 Å². The second kappa shape index (κ2) is 13.0. The largest absolute Gasteiger partial charge is 0.507 e. The molecule has 0 radical (unpaired) electrons. The van der Waals surface area contributed by atoms with E-state index >= 15 is 0 Å². The number of hydrogen-bond donors (Lipinski definition) is 3. The average Bonchev–Trinajstić information content (AvgIpc) is 2.81. The predicted molar refractivity (Wildman–Crippen MR) is 181 cm³/mol. The second-order valence-electron chi connectivity index (χ2n) is 15.5. The lowest BCUT2D eigenvalue weighted by Gasteiger charge is -2.32. The lowest BCUT2D eigenvalue weighted by Crippen LogP contribution is -2.30. The molecule has 0 aliphatic rings. The first-order valence-corrected chi connectivity index (χ1v) is 16.4. The molecule has 0 aliphatic heterocycles. The molecule has 0 bridgehead atoms. The maximum Gasteiger partial charge on any atom is 0.319 e. The number of methoxy groups -OCH3 is 1. The van der Waals surface area contributed by atoms with Gasteiger partial charge in [0.2, 0.25) is 0 Å². The normalized spacial score (nSPS) is 13.4. The van der Waals surface area contributed by atoms with Crippen molar-refractivity contribution in [2.45, 2.75) is 132 Å². The van der Waals surface area contributed by atoms with Gasteiger partial charge in [-0.1, -0.05) is 76.2 Å². The number of thioether (sulfide) groups is 2. The van der Waals surface area contributed by atoms with Gasteiger partial charge in [-0.3, -0.25) is 4.79 Å². The first kappa shape index (κ1) is 36.4. The molecular weight excluding hydrogens is 563 g/mol. The Morgan fingerprint density at radius 3 is 1.40 bits per heavy atom. The van der Waals surface area contributed by atoms with E-state index < -0.39 is 0 Å². The molecule has 0 amide bonds. The SMILES string of the molecule is COC(=O)CNCCC(C)(C)c1cc(SC(C)(C)Sc2cc(C(C)(C)C)c(O)c(C(C)(C)C)c2)cc(C(C)(C)C)c1O. The van der Waals surface area contributed by atoms with Crippen molar-refractivity contribution in [3.8, 4) is 11.5 Å². The Morgan fingerprint density at radius 1 is 0.690 bits per heavy atom. The van der Waals surface area contributed by atoms with E-state index in [0.717, 1.165) is 38.5 Å². The third-order valence-electron chi connectivity index (χ3n) is 7.47. The molecule has 2 aromatic carbocycles. The van der Waals surface area contributed by atoms with Gasteiger partial charge in [0.15, 0.2) is 0 Å². The van der Waals surface area contributed by atoms with Crippen LogP contribution in [0.5, 0.6) is 11.5 Å². The fourth-order valence-corrected chi connectivity index (χ4v) is 7.54. The van der Waals surface area contributed by atoms with Crippen molar-refractivity contribution in [1.29, 1.82) is 0 Å². The van der Waals surface area contributed by atoms with E-state index in [1.165, 1.54) is 7.11 Å². The molecule has 0 aromatic heterocycles. The van der Waals surface area contributed by atoms with Crippen LogP contribution in [0.2, 0.25) is 0 Å². The number of hydrogen-bond acceptors (Lipinski definition) is 7. The molecule has 0 saturated carbocycles. The summed E-state index contributed by atoms with van der Waals surface area (Å²) >= 11 is 3.59. The molecule has 0 heterocycles. The van der Waals surface area contributed by atoms with E-state index in [0.29, 0.717) is 18.0 Å². The molecule has 2 rings (SSSR count). The van der Waals surface area contributed by atoms with Crippen LogP contribution in [-0.4, -0.2) is 40.5 Å². The van der Waals surface area contributed by atoms with Gasteiger partial charge in [-0.15, -0.1) is 23.5 Å².